The minimum absolute atomic E-state index is 0.0773. The van der Waals surface area contributed by atoms with Crippen LogP contribution in [0.25, 0.3) is 0 Å². The Balaban J connectivity index is 3.08. The van der Waals surface area contributed by atoms with Crippen LogP contribution in [-0.2, 0) is 5.41 Å². The first-order chi connectivity index (χ1) is 7.59. The van der Waals surface area contributed by atoms with Crippen LogP contribution in [0.2, 0.25) is 0 Å². The number of hydrogen-bond acceptors (Lipinski definition) is 5. The van der Waals surface area contributed by atoms with Crippen molar-refractivity contribution in [2.45, 2.75) is 5.41 Å². The standard InChI is InChI=1S/C10H13NO5/c12-5-10(6-13,7-14)8-1-3-9(4-2-8)11(15)16/h1-4,12-14H,5-7H2. The second-order valence-corrected chi connectivity index (χ2v) is 3.56. The van der Waals surface area contributed by atoms with Crippen molar-refractivity contribution in [2.75, 3.05) is 19.8 Å². The lowest BCUT2D eigenvalue weighted by Gasteiger charge is -2.27. The Bertz CT molecular complexity index is 350. The molecule has 0 heterocycles. The van der Waals surface area contributed by atoms with Gasteiger partial charge in [-0.05, 0) is 5.56 Å². The maximum absolute atomic E-state index is 10.4. The molecule has 1 aromatic rings. The van der Waals surface area contributed by atoms with Crippen molar-refractivity contribution < 1.29 is 20.2 Å². The highest BCUT2D eigenvalue weighted by atomic mass is 16.6. The molecule has 0 saturated carbocycles. The Hall–Kier alpha value is -1.50. The predicted molar refractivity (Wildman–Crippen MR) is 56.0 cm³/mol. The Kier molecular flexibility index (Phi) is 3.94. The number of benzene rings is 1. The molecule has 0 bridgehead atoms. The molecule has 0 atom stereocenters. The molecular formula is C10H13NO5. The minimum Gasteiger partial charge on any atom is -0.395 e. The number of rotatable bonds is 5. The van der Waals surface area contributed by atoms with E-state index < -0.39 is 30.2 Å². The van der Waals surface area contributed by atoms with Gasteiger partial charge in [0.1, 0.15) is 0 Å². The molecule has 6 heteroatoms. The van der Waals surface area contributed by atoms with E-state index in [0.29, 0.717) is 5.56 Å². The van der Waals surface area contributed by atoms with Crippen LogP contribution < -0.4 is 0 Å². The molecule has 0 amide bonds. The Morgan fingerprint density at radius 3 is 1.81 bits per heavy atom. The van der Waals surface area contributed by atoms with Crippen LogP contribution in [0.1, 0.15) is 5.56 Å². The zero-order valence-corrected chi connectivity index (χ0v) is 8.54. The smallest absolute Gasteiger partial charge is 0.269 e. The highest BCUT2D eigenvalue weighted by Gasteiger charge is 2.30. The fourth-order valence-electron chi connectivity index (χ4n) is 1.36. The fourth-order valence-corrected chi connectivity index (χ4v) is 1.36. The highest BCUT2D eigenvalue weighted by Crippen LogP contribution is 2.24. The number of hydrogen-bond donors (Lipinski definition) is 3. The average molecular weight is 227 g/mol. The second kappa shape index (κ2) is 5.02. The van der Waals surface area contributed by atoms with Crippen molar-refractivity contribution in [3.63, 3.8) is 0 Å². The third-order valence-electron chi connectivity index (χ3n) is 2.60. The van der Waals surface area contributed by atoms with Crippen LogP contribution in [0.15, 0.2) is 24.3 Å². The zero-order valence-electron chi connectivity index (χ0n) is 8.54. The summed E-state index contributed by atoms with van der Waals surface area (Å²) >= 11 is 0. The molecule has 88 valence electrons. The highest BCUT2D eigenvalue weighted by molar-refractivity contribution is 5.36. The van der Waals surface area contributed by atoms with Crippen LogP contribution >= 0.6 is 0 Å². The summed E-state index contributed by atoms with van der Waals surface area (Å²) < 4.78 is 0. The molecule has 0 unspecified atom stereocenters. The van der Waals surface area contributed by atoms with Crippen molar-refractivity contribution in [1.82, 2.24) is 0 Å². The molecule has 0 saturated heterocycles. The van der Waals surface area contributed by atoms with E-state index >= 15 is 0 Å². The van der Waals surface area contributed by atoms with Gasteiger partial charge in [-0.15, -0.1) is 0 Å². The summed E-state index contributed by atoms with van der Waals surface area (Å²) in [6, 6.07) is 5.37. The van der Waals surface area contributed by atoms with Gasteiger partial charge in [0, 0.05) is 12.1 Å². The predicted octanol–water partition coefficient (Wildman–Crippen LogP) is -0.191. The summed E-state index contributed by atoms with van der Waals surface area (Å²) in [7, 11) is 0. The summed E-state index contributed by atoms with van der Waals surface area (Å²) in [4.78, 5) is 9.89. The second-order valence-electron chi connectivity index (χ2n) is 3.56. The average Bonchev–Trinajstić information content (AvgIpc) is 2.33. The van der Waals surface area contributed by atoms with Gasteiger partial charge in [0.2, 0.25) is 0 Å². The molecule has 0 aliphatic heterocycles. The Labute approximate surface area is 91.9 Å². The Morgan fingerprint density at radius 2 is 1.50 bits per heavy atom. The number of nitro groups is 1. The van der Waals surface area contributed by atoms with E-state index in [2.05, 4.69) is 0 Å². The first-order valence-corrected chi connectivity index (χ1v) is 4.67. The van der Waals surface area contributed by atoms with Crippen molar-refractivity contribution in [1.29, 1.82) is 0 Å². The molecule has 0 radical (unpaired) electrons. The van der Waals surface area contributed by atoms with Crippen LogP contribution in [0, 0.1) is 10.1 Å². The van der Waals surface area contributed by atoms with Crippen LogP contribution in [0.4, 0.5) is 5.69 Å². The van der Waals surface area contributed by atoms with Gasteiger partial charge < -0.3 is 15.3 Å². The molecular weight excluding hydrogens is 214 g/mol. The van der Waals surface area contributed by atoms with Crippen molar-refractivity contribution >= 4 is 5.69 Å². The lowest BCUT2D eigenvalue weighted by Crippen LogP contribution is -2.38. The monoisotopic (exact) mass is 227 g/mol. The molecule has 0 aliphatic rings. The van der Waals surface area contributed by atoms with Gasteiger partial charge in [-0.1, -0.05) is 12.1 Å². The number of non-ortho nitro benzene ring substituents is 1. The number of nitro benzene ring substituents is 1. The molecule has 1 aromatic carbocycles. The number of aliphatic hydroxyl groups is 3. The van der Waals surface area contributed by atoms with E-state index in [1.807, 2.05) is 0 Å². The fraction of sp³-hybridized carbons (Fsp3) is 0.400. The van der Waals surface area contributed by atoms with Gasteiger partial charge in [0.15, 0.2) is 0 Å². The van der Waals surface area contributed by atoms with Crippen LogP contribution in [0.5, 0.6) is 0 Å². The van der Waals surface area contributed by atoms with Crippen molar-refractivity contribution in [3.05, 3.63) is 39.9 Å². The quantitative estimate of drug-likeness (QED) is 0.477. The van der Waals surface area contributed by atoms with E-state index in [1.54, 1.807) is 0 Å². The van der Waals surface area contributed by atoms with E-state index in [1.165, 1.54) is 24.3 Å². The molecule has 6 nitrogen and oxygen atoms in total. The molecule has 0 aromatic heterocycles. The van der Waals surface area contributed by atoms with Crippen LogP contribution in [0.3, 0.4) is 0 Å². The molecule has 1 rings (SSSR count). The maximum atomic E-state index is 10.4. The molecule has 0 aliphatic carbocycles. The van der Waals surface area contributed by atoms with Crippen molar-refractivity contribution in [3.8, 4) is 0 Å². The van der Waals surface area contributed by atoms with E-state index in [9.17, 15) is 10.1 Å². The van der Waals surface area contributed by atoms with Crippen molar-refractivity contribution in [2.24, 2.45) is 0 Å². The van der Waals surface area contributed by atoms with Crippen LogP contribution in [-0.4, -0.2) is 40.1 Å². The first kappa shape index (κ1) is 12.6. The normalized spacial score (nSPS) is 11.4. The largest absolute Gasteiger partial charge is 0.395 e. The third-order valence-corrected chi connectivity index (χ3v) is 2.60. The third kappa shape index (κ3) is 2.19. The lowest BCUT2D eigenvalue weighted by atomic mass is 9.83. The van der Waals surface area contributed by atoms with E-state index in [-0.39, 0.29) is 5.69 Å². The maximum Gasteiger partial charge on any atom is 0.269 e. The van der Waals surface area contributed by atoms with Gasteiger partial charge in [0.05, 0.1) is 30.2 Å². The van der Waals surface area contributed by atoms with Gasteiger partial charge >= 0.3 is 0 Å². The molecule has 0 fully saturated rings. The van der Waals surface area contributed by atoms with Gasteiger partial charge in [-0.25, -0.2) is 0 Å². The summed E-state index contributed by atoms with van der Waals surface area (Å²) in [5, 5.41) is 37.9. The minimum atomic E-state index is -1.16. The first-order valence-electron chi connectivity index (χ1n) is 4.67. The molecule has 3 N–H and O–H groups in total. The summed E-state index contributed by atoms with van der Waals surface area (Å²) in [6.07, 6.45) is 0. The van der Waals surface area contributed by atoms with Gasteiger partial charge in [-0.2, -0.15) is 0 Å². The van der Waals surface area contributed by atoms with Gasteiger partial charge in [-0.3, -0.25) is 10.1 Å². The lowest BCUT2D eigenvalue weighted by molar-refractivity contribution is -0.384. The number of nitrogens with zero attached hydrogens (tertiary/aromatic N) is 1. The zero-order chi connectivity index (χ0) is 12.2. The topological polar surface area (TPSA) is 104 Å². The van der Waals surface area contributed by atoms with E-state index in [0.717, 1.165) is 0 Å². The summed E-state index contributed by atoms with van der Waals surface area (Å²) in [5.74, 6) is 0. The molecule has 16 heavy (non-hydrogen) atoms. The Morgan fingerprint density at radius 1 is 1.06 bits per heavy atom. The van der Waals surface area contributed by atoms with Gasteiger partial charge in [0.25, 0.3) is 5.69 Å². The number of aliphatic hydroxyl groups excluding tert-OH is 3. The SMILES string of the molecule is O=[N+]([O-])c1ccc(C(CO)(CO)CO)cc1. The summed E-state index contributed by atoms with van der Waals surface area (Å²) in [5.41, 5.74) is -0.771. The molecule has 0 spiro atoms. The van der Waals surface area contributed by atoms with E-state index in [4.69, 9.17) is 15.3 Å². The summed E-state index contributed by atoms with van der Waals surface area (Å²) in [6.45, 7) is -1.30.